The molecule has 0 N–H and O–H groups in total. The van der Waals surface area contributed by atoms with Gasteiger partial charge in [0.2, 0.25) is 0 Å². The maximum Gasteiger partial charge on any atom is 0.514 e. The summed E-state index contributed by atoms with van der Waals surface area (Å²) in [5.74, 6) is 0.223. The Balaban J connectivity index is 1.88. The quantitative estimate of drug-likeness (QED) is 0.276. The van der Waals surface area contributed by atoms with Crippen molar-refractivity contribution in [1.82, 2.24) is 0 Å². The van der Waals surface area contributed by atoms with Crippen LogP contribution in [-0.2, 0) is 4.74 Å². The zero-order chi connectivity index (χ0) is 15.1. The molecular formula is C15H17NO5. The van der Waals surface area contributed by atoms with E-state index in [-0.39, 0.29) is 17.5 Å². The summed E-state index contributed by atoms with van der Waals surface area (Å²) in [5, 5.41) is 10.5. The first-order chi connectivity index (χ1) is 10.1. The van der Waals surface area contributed by atoms with Crippen LogP contribution in [0.2, 0.25) is 0 Å². The summed E-state index contributed by atoms with van der Waals surface area (Å²) in [6.07, 6.45) is 7.93. The Hall–Kier alpha value is -2.37. The van der Waals surface area contributed by atoms with E-state index >= 15 is 0 Å². The van der Waals surface area contributed by atoms with Crippen LogP contribution in [0.3, 0.4) is 0 Å². The van der Waals surface area contributed by atoms with Gasteiger partial charge < -0.3 is 9.47 Å². The normalized spacial score (nSPS) is 19.9. The Bertz CT molecular complexity index is 523. The van der Waals surface area contributed by atoms with Gasteiger partial charge in [0.25, 0.3) is 5.69 Å². The summed E-state index contributed by atoms with van der Waals surface area (Å²) < 4.78 is 10.2. The minimum Gasteiger partial charge on any atom is -0.426 e. The lowest BCUT2D eigenvalue weighted by Gasteiger charge is -2.15. The van der Waals surface area contributed by atoms with Gasteiger partial charge in [-0.1, -0.05) is 12.5 Å². The average Bonchev–Trinajstić information content (AvgIpc) is 2.42. The first kappa shape index (κ1) is 15.0. The third kappa shape index (κ3) is 4.91. The van der Waals surface area contributed by atoms with E-state index < -0.39 is 11.1 Å². The number of benzene rings is 1. The molecule has 0 radical (unpaired) electrons. The number of carbonyl (C=O) groups excluding carboxylic acids is 1. The number of non-ortho nitro benzene ring substituents is 1. The molecule has 0 saturated carbocycles. The molecule has 112 valence electrons. The molecule has 6 heteroatoms. The molecule has 1 aromatic carbocycles. The van der Waals surface area contributed by atoms with Crippen molar-refractivity contribution in [3.63, 3.8) is 0 Å². The second-order valence-electron chi connectivity index (χ2n) is 4.83. The predicted octanol–water partition coefficient (Wildman–Crippen LogP) is 4.00. The minimum absolute atomic E-state index is 0.0568. The molecule has 21 heavy (non-hydrogen) atoms. The van der Waals surface area contributed by atoms with Crippen molar-refractivity contribution in [3.8, 4) is 5.75 Å². The van der Waals surface area contributed by atoms with Gasteiger partial charge in [-0.2, -0.15) is 0 Å². The largest absolute Gasteiger partial charge is 0.514 e. The molecule has 0 amide bonds. The molecule has 6 nitrogen and oxygen atoms in total. The molecule has 0 bridgehead atoms. The second kappa shape index (κ2) is 7.42. The van der Waals surface area contributed by atoms with E-state index in [2.05, 4.69) is 0 Å². The van der Waals surface area contributed by atoms with Gasteiger partial charge in [-0.25, -0.2) is 4.79 Å². The van der Waals surface area contributed by atoms with E-state index in [1.165, 1.54) is 24.3 Å². The molecule has 2 rings (SSSR count). The van der Waals surface area contributed by atoms with Crippen LogP contribution in [0.15, 0.2) is 36.4 Å². The number of nitro benzene ring substituents is 1. The van der Waals surface area contributed by atoms with E-state index in [9.17, 15) is 14.9 Å². The Morgan fingerprint density at radius 2 is 1.95 bits per heavy atom. The van der Waals surface area contributed by atoms with E-state index in [1.807, 2.05) is 12.2 Å². The SMILES string of the molecule is O=C(Oc1ccc([N+](=O)[O-])cc1)OC1/C=C/CCCCC1. The summed E-state index contributed by atoms with van der Waals surface area (Å²) in [6.45, 7) is 0. The van der Waals surface area contributed by atoms with Crippen molar-refractivity contribution in [1.29, 1.82) is 0 Å². The summed E-state index contributed by atoms with van der Waals surface area (Å²) in [7, 11) is 0. The first-order valence-corrected chi connectivity index (χ1v) is 6.95. The van der Waals surface area contributed by atoms with Gasteiger partial charge in [0.15, 0.2) is 0 Å². The molecule has 1 aliphatic carbocycles. The van der Waals surface area contributed by atoms with E-state index in [1.54, 1.807) is 0 Å². The standard InChI is InChI=1S/C15H17NO5/c17-15(20-13-6-4-2-1-3-5-7-13)21-14-10-8-12(9-11-14)16(18)19/h4,6,8-11,13H,1-3,5,7H2/b6-4+. The molecule has 1 aliphatic rings. The van der Waals surface area contributed by atoms with Crippen LogP contribution in [0.1, 0.15) is 32.1 Å². The van der Waals surface area contributed by atoms with Gasteiger partial charge in [0.05, 0.1) is 4.92 Å². The topological polar surface area (TPSA) is 78.7 Å². The highest BCUT2D eigenvalue weighted by atomic mass is 16.7. The Morgan fingerprint density at radius 3 is 2.67 bits per heavy atom. The Labute approximate surface area is 122 Å². The molecule has 0 aliphatic heterocycles. The molecular weight excluding hydrogens is 274 g/mol. The molecule has 1 atom stereocenters. The number of nitro groups is 1. The Morgan fingerprint density at radius 1 is 1.19 bits per heavy atom. The summed E-state index contributed by atoms with van der Waals surface area (Å²) in [6, 6.07) is 5.29. The highest BCUT2D eigenvalue weighted by Gasteiger charge is 2.15. The lowest BCUT2D eigenvalue weighted by Crippen LogP contribution is -2.19. The fraction of sp³-hybridized carbons (Fsp3) is 0.400. The van der Waals surface area contributed by atoms with Gasteiger partial charge in [-0.15, -0.1) is 0 Å². The average molecular weight is 291 g/mol. The number of ether oxygens (including phenoxy) is 2. The number of rotatable bonds is 3. The summed E-state index contributed by atoms with van der Waals surface area (Å²) >= 11 is 0. The van der Waals surface area contributed by atoms with Gasteiger partial charge >= 0.3 is 6.16 Å². The molecule has 0 saturated heterocycles. The number of carbonyl (C=O) groups is 1. The van der Waals surface area contributed by atoms with E-state index in [0.29, 0.717) is 0 Å². The molecule has 1 unspecified atom stereocenters. The Kier molecular flexibility index (Phi) is 5.31. The summed E-state index contributed by atoms with van der Waals surface area (Å²) in [4.78, 5) is 21.7. The lowest BCUT2D eigenvalue weighted by molar-refractivity contribution is -0.384. The molecule has 0 heterocycles. The van der Waals surface area contributed by atoms with Crippen LogP contribution in [0.4, 0.5) is 10.5 Å². The highest BCUT2D eigenvalue weighted by Crippen LogP contribution is 2.19. The monoisotopic (exact) mass is 291 g/mol. The van der Waals surface area contributed by atoms with Crippen molar-refractivity contribution in [3.05, 3.63) is 46.5 Å². The van der Waals surface area contributed by atoms with Crippen LogP contribution in [-0.4, -0.2) is 17.2 Å². The van der Waals surface area contributed by atoms with Crippen molar-refractivity contribution in [2.75, 3.05) is 0 Å². The summed E-state index contributed by atoms with van der Waals surface area (Å²) in [5.41, 5.74) is -0.0568. The van der Waals surface area contributed by atoms with Crippen molar-refractivity contribution >= 4 is 11.8 Å². The van der Waals surface area contributed by atoms with Crippen molar-refractivity contribution in [2.45, 2.75) is 38.2 Å². The van der Waals surface area contributed by atoms with Crippen LogP contribution < -0.4 is 4.74 Å². The van der Waals surface area contributed by atoms with Crippen LogP contribution in [0.5, 0.6) is 5.75 Å². The third-order valence-corrected chi connectivity index (χ3v) is 3.21. The van der Waals surface area contributed by atoms with Gasteiger partial charge in [-0.3, -0.25) is 10.1 Å². The van der Waals surface area contributed by atoms with Gasteiger partial charge in [0.1, 0.15) is 11.9 Å². The maximum atomic E-state index is 11.7. The zero-order valence-corrected chi connectivity index (χ0v) is 11.6. The van der Waals surface area contributed by atoms with Gasteiger partial charge in [0, 0.05) is 12.1 Å². The third-order valence-electron chi connectivity index (χ3n) is 3.21. The van der Waals surface area contributed by atoms with E-state index in [4.69, 9.17) is 9.47 Å². The fourth-order valence-electron chi connectivity index (χ4n) is 2.11. The molecule has 0 fully saturated rings. The fourth-order valence-corrected chi connectivity index (χ4v) is 2.11. The van der Waals surface area contributed by atoms with Crippen molar-refractivity contribution in [2.24, 2.45) is 0 Å². The van der Waals surface area contributed by atoms with Crippen molar-refractivity contribution < 1.29 is 19.2 Å². The van der Waals surface area contributed by atoms with E-state index in [0.717, 1.165) is 32.1 Å². The predicted molar refractivity (Wildman–Crippen MR) is 76.2 cm³/mol. The number of nitrogens with zero attached hydrogens (tertiary/aromatic N) is 1. The van der Waals surface area contributed by atoms with Crippen LogP contribution in [0, 0.1) is 10.1 Å². The molecule has 0 spiro atoms. The highest BCUT2D eigenvalue weighted by molar-refractivity contribution is 5.64. The lowest BCUT2D eigenvalue weighted by atomic mass is 10.0. The molecule has 0 aromatic heterocycles. The molecule has 1 aromatic rings. The minimum atomic E-state index is -0.793. The first-order valence-electron chi connectivity index (χ1n) is 6.95. The number of hydrogen-bond donors (Lipinski definition) is 0. The zero-order valence-electron chi connectivity index (χ0n) is 11.6. The smallest absolute Gasteiger partial charge is 0.426 e. The second-order valence-corrected chi connectivity index (χ2v) is 4.83. The van der Waals surface area contributed by atoms with Crippen LogP contribution in [0.25, 0.3) is 0 Å². The number of hydrogen-bond acceptors (Lipinski definition) is 5. The maximum absolute atomic E-state index is 11.7. The number of allylic oxidation sites excluding steroid dienone is 1. The van der Waals surface area contributed by atoms with Gasteiger partial charge in [-0.05, 0) is 43.9 Å². The van der Waals surface area contributed by atoms with Crippen LogP contribution >= 0.6 is 0 Å².